The Kier molecular flexibility index (Phi) is 4.77. The number of benzene rings is 3. The molecule has 140 valence electrons. The van der Waals surface area contributed by atoms with Crippen molar-refractivity contribution < 1.29 is 10.5 Å². The van der Waals surface area contributed by atoms with Crippen LogP contribution >= 0.6 is 0 Å². The molecule has 5 heteroatoms. The summed E-state index contributed by atoms with van der Waals surface area (Å²) in [5.41, 5.74) is 9.36. The van der Waals surface area contributed by atoms with Crippen LogP contribution in [0.25, 0.3) is 10.8 Å². The van der Waals surface area contributed by atoms with Crippen LogP contribution in [0.5, 0.6) is 11.5 Å². The van der Waals surface area contributed by atoms with E-state index in [9.17, 15) is 0 Å². The van der Waals surface area contributed by atoms with Crippen LogP contribution in [-0.2, 0) is 0 Å². The number of rotatable bonds is 6. The van der Waals surface area contributed by atoms with E-state index in [1.807, 2.05) is 0 Å². The number of nitrogens with one attached hydrogen (secondary N) is 3. The van der Waals surface area contributed by atoms with E-state index in [-0.39, 0.29) is 0 Å². The highest BCUT2D eigenvalue weighted by Gasteiger charge is 2.21. The topological polar surface area (TPSA) is 73.0 Å². The smallest absolute Gasteiger partial charge is 0.153 e. The number of hydrogen-bond acceptors (Lipinski definition) is 4. The molecule has 0 atom stereocenters. The molecule has 1 aliphatic heterocycles. The Morgan fingerprint density at radius 3 is 2.56 bits per heavy atom. The first-order valence-corrected chi connectivity index (χ1v) is 9.63. The molecule has 0 bridgehead atoms. The number of quaternary nitrogens is 1. The summed E-state index contributed by atoms with van der Waals surface area (Å²) in [7, 11) is 0. The molecular formula is C22H27N4O+. The normalized spacial score (nSPS) is 12.0. The second kappa shape index (κ2) is 7.37. The van der Waals surface area contributed by atoms with Crippen LogP contribution in [0.4, 0.5) is 22.7 Å². The zero-order valence-corrected chi connectivity index (χ0v) is 16.0. The highest BCUT2D eigenvalue weighted by Crippen LogP contribution is 2.48. The first-order valence-electron chi connectivity index (χ1n) is 9.63. The Morgan fingerprint density at radius 1 is 1.00 bits per heavy atom. The molecule has 4 rings (SSSR count). The largest absolute Gasteiger partial charge is 0.453 e. The van der Waals surface area contributed by atoms with Gasteiger partial charge in [0.05, 0.1) is 17.9 Å². The van der Waals surface area contributed by atoms with Crippen LogP contribution in [0.3, 0.4) is 0 Å². The monoisotopic (exact) mass is 363 g/mol. The lowest BCUT2D eigenvalue weighted by atomic mass is 10.0. The van der Waals surface area contributed by atoms with Gasteiger partial charge < -0.3 is 26.4 Å². The van der Waals surface area contributed by atoms with E-state index in [1.165, 1.54) is 10.9 Å². The van der Waals surface area contributed by atoms with Crippen LogP contribution < -0.4 is 26.4 Å². The van der Waals surface area contributed by atoms with Gasteiger partial charge in [0.2, 0.25) is 0 Å². The molecule has 0 unspecified atom stereocenters. The third kappa shape index (κ3) is 3.26. The molecule has 0 aliphatic carbocycles. The van der Waals surface area contributed by atoms with Gasteiger partial charge in [-0.25, -0.2) is 0 Å². The number of aryl methyl sites for hydroxylation is 1. The molecule has 0 radical (unpaired) electrons. The Hall–Kier alpha value is -2.92. The van der Waals surface area contributed by atoms with Crippen molar-refractivity contribution in [3.05, 3.63) is 48.0 Å². The highest BCUT2D eigenvalue weighted by molar-refractivity contribution is 6.06. The first-order chi connectivity index (χ1) is 13.2. The molecular weight excluding hydrogens is 336 g/mol. The van der Waals surface area contributed by atoms with Gasteiger partial charge in [-0.1, -0.05) is 24.3 Å². The molecule has 5 nitrogen and oxygen atoms in total. The van der Waals surface area contributed by atoms with E-state index in [2.05, 4.69) is 78.0 Å². The van der Waals surface area contributed by atoms with Crippen molar-refractivity contribution in [3.63, 3.8) is 0 Å². The number of anilines is 4. The third-order valence-electron chi connectivity index (χ3n) is 4.92. The summed E-state index contributed by atoms with van der Waals surface area (Å²) in [6, 6.07) is 14.8. The fourth-order valence-electron chi connectivity index (χ4n) is 3.56. The first kappa shape index (κ1) is 17.5. The van der Waals surface area contributed by atoms with Crippen molar-refractivity contribution in [1.82, 2.24) is 0 Å². The summed E-state index contributed by atoms with van der Waals surface area (Å²) in [5.74, 6) is 1.70. The maximum atomic E-state index is 6.32. The minimum absolute atomic E-state index is 0.850. The Bertz CT molecular complexity index is 984. The summed E-state index contributed by atoms with van der Waals surface area (Å²) < 4.78 is 6.32. The SMILES string of the molecule is CCNc1cc2c(cc1C)Nc1c(cc(NCCC[NH3+])c3ccccc13)O2. The molecule has 3 aromatic rings. The molecule has 27 heavy (non-hydrogen) atoms. The average Bonchev–Trinajstić information content (AvgIpc) is 2.68. The lowest BCUT2D eigenvalue weighted by Gasteiger charge is -2.26. The average molecular weight is 363 g/mol. The van der Waals surface area contributed by atoms with Gasteiger partial charge in [0.25, 0.3) is 0 Å². The molecule has 1 aliphatic rings. The fraction of sp³-hybridized carbons (Fsp3) is 0.273. The molecule has 1 heterocycles. The minimum Gasteiger partial charge on any atom is -0.453 e. The van der Waals surface area contributed by atoms with Crippen molar-refractivity contribution in [3.8, 4) is 11.5 Å². The number of fused-ring (bicyclic) bond motifs is 4. The lowest BCUT2D eigenvalue weighted by molar-refractivity contribution is -0.367. The van der Waals surface area contributed by atoms with E-state index >= 15 is 0 Å². The van der Waals surface area contributed by atoms with Crippen LogP contribution in [0.1, 0.15) is 18.9 Å². The molecule has 0 aromatic heterocycles. The van der Waals surface area contributed by atoms with Crippen molar-refractivity contribution in [2.45, 2.75) is 20.3 Å². The van der Waals surface area contributed by atoms with Crippen molar-refractivity contribution >= 4 is 33.5 Å². The maximum absolute atomic E-state index is 6.32. The van der Waals surface area contributed by atoms with Crippen LogP contribution in [-0.4, -0.2) is 19.6 Å². The van der Waals surface area contributed by atoms with Crippen molar-refractivity contribution in [2.75, 3.05) is 35.6 Å². The summed E-state index contributed by atoms with van der Waals surface area (Å²) in [5, 5.41) is 12.9. The molecule has 6 N–H and O–H groups in total. The molecule has 0 saturated heterocycles. The van der Waals surface area contributed by atoms with Gasteiger partial charge in [-0.2, -0.15) is 0 Å². The van der Waals surface area contributed by atoms with Gasteiger partial charge >= 0.3 is 0 Å². The fourth-order valence-corrected chi connectivity index (χ4v) is 3.56. The standard InChI is InChI=1S/C22H26N4O/c1-3-24-17-12-20-19(11-14(17)2)26-22-16-8-5-4-7-15(16)18(13-21(22)27-20)25-10-6-9-23/h4-5,7-8,11-13,24-26H,3,6,9-10,23H2,1-2H3/p+1. The van der Waals surface area contributed by atoms with Gasteiger partial charge in [-0.05, 0) is 25.5 Å². The second-order valence-electron chi connectivity index (χ2n) is 6.90. The summed E-state index contributed by atoms with van der Waals surface area (Å²) in [6.07, 6.45) is 1.04. The van der Waals surface area contributed by atoms with Gasteiger partial charge in [0, 0.05) is 53.8 Å². The van der Waals surface area contributed by atoms with E-state index in [1.54, 1.807) is 0 Å². The summed E-state index contributed by atoms with van der Waals surface area (Å²) in [4.78, 5) is 0. The van der Waals surface area contributed by atoms with E-state index < -0.39 is 0 Å². The number of ether oxygens (including phenoxy) is 1. The Labute approximate surface area is 159 Å². The summed E-state index contributed by atoms with van der Waals surface area (Å²) >= 11 is 0. The zero-order valence-electron chi connectivity index (χ0n) is 16.0. The second-order valence-corrected chi connectivity index (χ2v) is 6.90. The molecule has 0 spiro atoms. The molecule has 0 saturated carbocycles. The maximum Gasteiger partial charge on any atom is 0.153 e. The van der Waals surface area contributed by atoms with Gasteiger partial charge in [0.15, 0.2) is 11.5 Å². The lowest BCUT2D eigenvalue weighted by Crippen LogP contribution is -2.50. The quantitative estimate of drug-likeness (QED) is 0.381. The predicted octanol–water partition coefficient (Wildman–Crippen LogP) is 4.47. The predicted molar refractivity (Wildman–Crippen MR) is 114 cm³/mol. The molecule has 0 fully saturated rings. The Morgan fingerprint density at radius 2 is 1.78 bits per heavy atom. The summed E-state index contributed by atoms with van der Waals surface area (Å²) in [6.45, 7) is 6.93. The van der Waals surface area contributed by atoms with E-state index in [4.69, 9.17) is 4.74 Å². The number of hydrogen-bond donors (Lipinski definition) is 4. The van der Waals surface area contributed by atoms with Crippen LogP contribution in [0, 0.1) is 6.92 Å². The van der Waals surface area contributed by atoms with Crippen LogP contribution in [0.15, 0.2) is 42.5 Å². The van der Waals surface area contributed by atoms with Crippen LogP contribution in [0.2, 0.25) is 0 Å². The molecule has 3 aromatic carbocycles. The zero-order chi connectivity index (χ0) is 18.8. The van der Waals surface area contributed by atoms with Gasteiger partial charge in [-0.3, -0.25) is 0 Å². The Balaban J connectivity index is 1.78. The van der Waals surface area contributed by atoms with Crippen molar-refractivity contribution in [2.24, 2.45) is 0 Å². The van der Waals surface area contributed by atoms with Crippen molar-refractivity contribution in [1.29, 1.82) is 0 Å². The minimum atomic E-state index is 0.850. The molecule has 0 amide bonds. The third-order valence-corrected chi connectivity index (χ3v) is 4.92. The van der Waals surface area contributed by atoms with E-state index in [0.717, 1.165) is 65.7 Å². The van der Waals surface area contributed by atoms with Gasteiger partial charge in [0.1, 0.15) is 0 Å². The van der Waals surface area contributed by atoms with E-state index in [0.29, 0.717) is 0 Å². The highest BCUT2D eigenvalue weighted by atomic mass is 16.5. The van der Waals surface area contributed by atoms with Gasteiger partial charge in [-0.15, -0.1) is 0 Å².